The second-order valence-corrected chi connectivity index (χ2v) is 14.1. The molecule has 0 atom stereocenters. The van der Waals surface area contributed by atoms with E-state index in [2.05, 4.69) is 150 Å². The van der Waals surface area contributed by atoms with Crippen LogP contribution in [-0.4, -0.2) is 24.5 Å². The minimum atomic E-state index is 0.592. The van der Waals surface area contributed by atoms with Crippen molar-refractivity contribution in [2.24, 2.45) is 0 Å². The molecular formula is C46H27N5S. The van der Waals surface area contributed by atoms with E-state index >= 15 is 0 Å². The van der Waals surface area contributed by atoms with E-state index in [0.717, 1.165) is 65.2 Å². The first-order valence-electron chi connectivity index (χ1n) is 17.3. The van der Waals surface area contributed by atoms with E-state index in [1.165, 1.54) is 20.9 Å². The zero-order valence-electron chi connectivity index (χ0n) is 27.7. The quantitative estimate of drug-likeness (QED) is 0.174. The summed E-state index contributed by atoms with van der Waals surface area (Å²) in [5, 5.41) is 8.24. The van der Waals surface area contributed by atoms with E-state index in [-0.39, 0.29) is 0 Å². The van der Waals surface area contributed by atoms with Crippen LogP contribution in [0.3, 0.4) is 0 Å². The summed E-state index contributed by atoms with van der Waals surface area (Å²) in [5.74, 6) is 1.87. The van der Waals surface area contributed by atoms with Gasteiger partial charge in [0.2, 0.25) is 5.95 Å². The average Bonchev–Trinajstić information content (AvgIpc) is 3.77. The first-order chi connectivity index (χ1) is 25.8. The summed E-state index contributed by atoms with van der Waals surface area (Å²) in [6.07, 6.45) is 0. The zero-order valence-corrected chi connectivity index (χ0v) is 28.5. The number of thiophene rings is 1. The van der Waals surface area contributed by atoms with Gasteiger partial charge in [-0.3, -0.25) is 4.57 Å². The predicted octanol–water partition coefficient (Wildman–Crippen LogP) is 12.0. The number of nitrogens with zero attached hydrogens (tertiary/aromatic N) is 5. The van der Waals surface area contributed by atoms with Crippen molar-refractivity contribution < 1.29 is 0 Å². The summed E-state index contributed by atoms with van der Waals surface area (Å²) in [6, 6.07) is 57.1. The highest BCUT2D eigenvalue weighted by atomic mass is 32.1. The van der Waals surface area contributed by atoms with Crippen molar-refractivity contribution in [1.29, 1.82) is 0 Å². The Morgan fingerprint density at radius 2 is 1.02 bits per heavy atom. The third kappa shape index (κ3) is 4.35. The van der Waals surface area contributed by atoms with Gasteiger partial charge in [-0.2, -0.15) is 9.97 Å². The molecule has 6 heteroatoms. The lowest BCUT2D eigenvalue weighted by atomic mass is 9.96. The second kappa shape index (κ2) is 11.4. The Bertz CT molecular complexity index is 3130. The molecule has 0 unspecified atom stereocenters. The van der Waals surface area contributed by atoms with Crippen LogP contribution in [0.4, 0.5) is 0 Å². The summed E-state index contributed by atoms with van der Waals surface area (Å²) >= 11 is 1.79. The zero-order chi connectivity index (χ0) is 34.2. The smallest absolute Gasteiger partial charge is 0.238 e. The fourth-order valence-electron chi connectivity index (χ4n) is 7.76. The molecule has 4 aromatic heterocycles. The number of fused-ring (bicyclic) bond motifs is 10. The van der Waals surface area contributed by atoms with Gasteiger partial charge in [0.1, 0.15) is 0 Å². The molecule has 11 aromatic rings. The lowest BCUT2D eigenvalue weighted by molar-refractivity contribution is 0.954. The number of rotatable bonds is 4. The monoisotopic (exact) mass is 681 g/mol. The van der Waals surface area contributed by atoms with Crippen LogP contribution < -0.4 is 0 Å². The molecule has 242 valence electrons. The normalized spacial score (nSPS) is 11.8. The number of para-hydroxylation sites is 3. The fraction of sp³-hybridized carbons (Fsp3) is 0. The van der Waals surface area contributed by atoms with Crippen LogP contribution in [0.2, 0.25) is 0 Å². The second-order valence-electron chi connectivity index (χ2n) is 13.0. The first-order valence-corrected chi connectivity index (χ1v) is 18.1. The molecule has 0 N–H and O–H groups in total. The Hall–Kier alpha value is -6.76. The van der Waals surface area contributed by atoms with Crippen molar-refractivity contribution >= 4 is 75.0 Å². The van der Waals surface area contributed by atoms with Gasteiger partial charge >= 0.3 is 0 Å². The molecule has 0 aliphatic rings. The van der Waals surface area contributed by atoms with Gasteiger partial charge in [-0.15, -0.1) is 11.3 Å². The maximum Gasteiger partial charge on any atom is 0.238 e. The van der Waals surface area contributed by atoms with E-state index in [0.29, 0.717) is 17.6 Å². The minimum Gasteiger partial charge on any atom is -0.278 e. The Kier molecular flexibility index (Phi) is 6.35. The van der Waals surface area contributed by atoms with Crippen LogP contribution in [-0.2, 0) is 0 Å². The van der Waals surface area contributed by atoms with Crippen molar-refractivity contribution in [1.82, 2.24) is 24.5 Å². The molecule has 11 rings (SSSR count). The largest absolute Gasteiger partial charge is 0.278 e. The molecular weight excluding hydrogens is 655 g/mol. The van der Waals surface area contributed by atoms with Gasteiger partial charge in [-0.05, 0) is 30.3 Å². The molecule has 7 aromatic carbocycles. The lowest BCUT2D eigenvalue weighted by Crippen LogP contribution is -2.06. The van der Waals surface area contributed by atoms with E-state index < -0.39 is 0 Å². The van der Waals surface area contributed by atoms with E-state index in [4.69, 9.17) is 19.9 Å². The summed E-state index contributed by atoms with van der Waals surface area (Å²) in [4.78, 5) is 20.8. The fourth-order valence-corrected chi connectivity index (χ4v) is 8.98. The highest BCUT2D eigenvalue weighted by Crippen LogP contribution is 2.46. The van der Waals surface area contributed by atoms with E-state index in [9.17, 15) is 0 Å². The minimum absolute atomic E-state index is 0.592. The number of hydrogen-bond donors (Lipinski definition) is 0. The summed E-state index contributed by atoms with van der Waals surface area (Å²) in [5.41, 5.74) is 7.12. The molecule has 4 heterocycles. The molecule has 0 radical (unpaired) electrons. The predicted molar refractivity (Wildman–Crippen MR) is 216 cm³/mol. The SMILES string of the molecule is c1ccc(-c2nc(-c3cccc4c3sc3ccc5c(-c6ccccc6)nc6ccccc6c5c34)nc(-n3c4ccccc4c4ccccc43)n2)cc1. The maximum absolute atomic E-state index is 5.30. The maximum atomic E-state index is 5.30. The van der Waals surface area contributed by atoms with E-state index in [1.54, 1.807) is 11.3 Å². The standard InChI is InChI=1S/C46H27N5S/c1-3-14-28(15-4-1)42-33-26-27-39-41(40(33)32-20-7-10-23-36(32)47-42)34-21-13-22-35(43(34)52-39)45-48-44(29-16-5-2-6-17-29)49-46(50-45)51-37-24-11-8-18-30(37)31-19-9-12-25-38(31)51/h1-27H. The molecule has 5 nitrogen and oxygen atoms in total. The van der Waals surface area contributed by atoms with Crippen molar-refractivity contribution in [2.45, 2.75) is 0 Å². The van der Waals surface area contributed by atoms with Gasteiger partial charge in [0.05, 0.1) is 22.2 Å². The highest BCUT2D eigenvalue weighted by Gasteiger charge is 2.21. The first kappa shape index (κ1) is 29.0. The molecule has 0 saturated heterocycles. The molecule has 0 fully saturated rings. The van der Waals surface area contributed by atoms with Gasteiger partial charge in [-0.1, -0.05) is 133 Å². The number of pyridine rings is 1. The Morgan fingerprint density at radius 1 is 0.404 bits per heavy atom. The van der Waals surface area contributed by atoms with Crippen LogP contribution in [0.1, 0.15) is 0 Å². The van der Waals surface area contributed by atoms with Crippen LogP contribution in [0.25, 0.3) is 104 Å². The number of aromatic nitrogens is 5. The van der Waals surface area contributed by atoms with Gasteiger partial charge in [0, 0.05) is 63.8 Å². The van der Waals surface area contributed by atoms with Crippen molar-refractivity contribution in [3.8, 4) is 40.0 Å². The highest BCUT2D eigenvalue weighted by molar-refractivity contribution is 7.26. The van der Waals surface area contributed by atoms with Crippen LogP contribution in [0, 0.1) is 0 Å². The van der Waals surface area contributed by atoms with Crippen LogP contribution in [0.5, 0.6) is 0 Å². The van der Waals surface area contributed by atoms with Gasteiger partial charge < -0.3 is 0 Å². The molecule has 0 amide bonds. The van der Waals surface area contributed by atoms with Crippen LogP contribution >= 0.6 is 11.3 Å². The Balaban J connectivity index is 1.22. The Morgan fingerprint density at radius 3 is 1.77 bits per heavy atom. The van der Waals surface area contributed by atoms with Gasteiger partial charge in [0.15, 0.2) is 11.6 Å². The van der Waals surface area contributed by atoms with Crippen molar-refractivity contribution in [2.75, 3.05) is 0 Å². The summed E-state index contributed by atoms with van der Waals surface area (Å²) < 4.78 is 4.53. The molecule has 0 aliphatic carbocycles. The molecule has 0 bridgehead atoms. The van der Waals surface area contributed by atoms with Crippen molar-refractivity contribution in [3.63, 3.8) is 0 Å². The average molecular weight is 682 g/mol. The van der Waals surface area contributed by atoms with E-state index in [1.807, 2.05) is 18.2 Å². The number of benzene rings is 7. The summed E-state index contributed by atoms with van der Waals surface area (Å²) in [7, 11) is 0. The van der Waals surface area contributed by atoms with Crippen LogP contribution in [0.15, 0.2) is 164 Å². The number of hydrogen-bond acceptors (Lipinski definition) is 5. The molecule has 0 spiro atoms. The third-order valence-electron chi connectivity index (χ3n) is 10.0. The lowest BCUT2D eigenvalue weighted by Gasteiger charge is -2.12. The Labute approximate surface area is 302 Å². The van der Waals surface area contributed by atoms with Crippen molar-refractivity contribution in [3.05, 3.63) is 164 Å². The summed E-state index contributed by atoms with van der Waals surface area (Å²) in [6.45, 7) is 0. The molecule has 52 heavy (non-hydrogen) atoms. The topological polar surface area (TPSA) is 56.5 Å². The van der Waals surface area contributed by atoms with Gasteiger partial charge in [0.25, 0.3) is 0 Å². The van der Waals surface area contributed by atoms with Gasteiger partial charge in [-0.25, -0.2) is 9.97 Å². The third-order valence-corrected chi connectivity index (χ3v) is 11.3. The molecule has 0 saturated carbocycles. The molecule has 0 aliphatic heterocycles.